The smallest absolute Gasteiger partial charge is 0.286 e. The fourth-order valence-corrected chi connectivity index (χ4v) is 2.94. The molecule has 0 saturated carbocycles. The summed E-state index contributed by atoms with van der Waals surface area (Å²) in [7, 11) is 0. The van der Waals surface area contributed by atoms with Crippen molar-refractivity contribution in [2.45, 2.75) is 13.1 Å². The van der Waals surface area contributed by atoms with Crippen LogP contribution in [-0.4, -0.2) is 21.1 Å². The van der Waals surface area contributed by atoms with Gasteiger partial charge in [0, 0.05) is 19.3 Å². The van der Waals surface area contributed by atoms with Crippen molar-refractivity contribution >= 4 is 17.2 Å². The lowest BCUT2D eigenvalue weighted by Gasteiger charge is -2.05. The molecule has 24 heavy (non-hydrogen) atoms. The van der Waals surface area contributed by atoms with Crippen LogP contribution >= 0.6 is 11.3 Å². The van der Waals surface area contributed by atoms with Crippen LogP contribution in [-0.2, 0) is 13.1 Å². The first-order chi connectivity index (χ1) is 11.8. The van der Waals surface area contributed by atoms with E-state index in [-0.39, 0.29) is 0 Å². The van der Waals surface area contributed by atoms with Crippen molar-refractivity contribution in [2.75, 3.05) is 0 Å². The van der Waals surface area contributed by atoms with Gasteiger partial charge in [0.1, 0.15) is 9.88 Å². The summed E-state index contributed by atoms with van der Waals surface area (Å²) in [6.45, 7) is 1.52. The Labute approximate surface area is 143 Å². The number of nitrogens with zero attached hydrogens (tertiary/aromatic N) is 2. The molecule has 1 aromatic carbocycles. The lowest BCUT2D eigenvalue weighted by Crippen LogP contribution is -2.16. The molecule has 7 heteroatoms. The van der Waals surface area contributed by atoms with E-state index in [9.17, 15) is 4.79 Å². The first-order valence-corrected chi connectivity index (χ1v) is 8.18. The Balaban J connectivity index is 1.59. The maximum atomic E-state index is 11.3. The number of carbonyl (C=O) groups is 1. The monoisotopic (exact) mass is 340 g/mol. The van der Waals surface area contributed by atoms with E-state index in [1.54, 1.807) is 11.7 Å². The average Bonchev–Trinajstić information content (AvgIpc) is 3.13. The molecule has 122 valence electrons. The molecule has 0 bridgehead atoms. The second kappa shape index (κ2) is 7.78. The van der Waals surface area contributed by atoms with Gasteiger partial charge in [-0.05, 0) is 17.2 Å². The van der Waals surface area contributed by atoms with Crippen molar-refractivity contribution in [3.05, 3.63) is 70.9 Å². The summed E-state index contributed by atoms with van der Waals surface area (Å²) in [6, 6.07) is 14.1. The number of pyridine rings is 1. The van der Waals surface area contributed by atoms with Gasteiger partial charge in [0.25, 0.3) is 5.91 Å². The van der Waals surface area contributed by atoms with Gasteiger partial charge in [0.2, 0.25) is 0 Å². The fourth-order valence-electron chi connectivity index (χ4n) is 2.16. The van der Waals surface area contributed by atoms with Gasteiger partial charge in [-0.3, -0.25) is 15.0 Å². The number of amides is 1. The molecule has 6 nitrogen and oxygen atoms in total. The molecular formula is C17H16N4O2S. The Bertz CT molecular complexity index is 803. The quantitative estimate of drug-likeness (QED) is 0.474. The molecule has 0 aliphatic carbocycles. The molecule has 0 aliphatic heterocycles. The van der Waals surface area contributed by atoms with Gasteiger partial charge in [-0.2, -0.15) is 0 Å². The van der Waals surface area contributed by atoms with E-state index in [1.165, 1.54) is 23.1 Å². The van der Waals surface area contributed by atoms with E-state index in [4.69, 9.17) is 5.21 Å². The van der Waals surface area contributed by atoms with Gasteiger partial charge in [0.15, 0.2) is 0 Å². The Kier molecular flexibility index (Phi) is 5.27. The maximum absolute atomic E-state index is 11.3. The van der Waals surface area contributed by atoms with Crippen LogP contribution in [0, 0.1) is 0 Å². The Morgan fingerprint density at radius 2 is 1.79 bits per heavy atom. The molecule has 0 atom stereocenters. The maximum Gasteiger partial charge on any atom is 0.286 e. The Hall–Kier alpha value is -2.61. The molecule has 2 heterocycles. The minimum atomic E-state index is -0.569. The first-order valence-electron chi connectivity index (χ1n) is 7.36. The predicted molar refractivity (Wildman–Crippen MR) is 91.6 cm³/mol. The summed E-state index contributed by atoms with van der Waals surface area (Å²) in [5.74, 6) is -0.569. The van der Waals surface area contributed by atoms with Crippen LogP contribution in [0.5, 0.6) is 0 Å². The standard InChI is InChI=1S/C17H16N4O2S/c22-16(21-23)15-11-20-17(24-15)14-7-6-13(10-19-14)9-18-8-12-4-2-1-3-5-12/h1-7,10-11,18,23H,8-9H2,(H,21,22). The van der Waals surface area contributed by atoms with Gasteiger partial charge in [-0.15, -0.1) is 11.3 Å². The summed E-state index contributed by atoms with van der Waals surface area (Å²) in [5.41, 5.74) is 4.60. The summed E-state index contributed by atoms with van der Waals surface area (Å²) in [4.78, 5) is 20.2. The molecule has 0 spiro atoms. The van der Waals surface area contributed by atoms with Crippen LogP contribution in [0.15, 0.2) is 54.9 Å². The van der Waals surface area contributed by atoms with Crippen molar-refractivity contribution in [3.63, 3.8) is 0 Å². The molecule has 0 fully saturated rings. The number of hydrogen-bond acceptors (Lipinski definition) is 6. The number of hydrogen-bond donors (Lipinski definition) is 3. The highest BCUT2D eigenvalue weighted by molar-refractivity contribution is 7.16. The minimum Gasteiger partial charge on any atom is -0.309 e. The molecule has 0 aliphatic rings. The van der Waals surface area contributed by atoms with E-state index in [1.807, 2.05) is 30.3 Å². The number of benzene rings is 1. The van der Waals surface area contributed by atoms with E-state index >= 15 is 0 Å². The molecule has 1 amide bonds. The second-order valence-corrected chi connectivity index (χ2v) is 6.14. The van der Waals surface area contributed by atoms with E-state index in [0.29, 0.717) is 15.6 Å². The van der Waals surface area contributed by atoms with Crippen LogP contribution in [0.1, 0.15) is 20.8 Å². The third-order valence-electron chi connectivity index (χ3n) is 3.38. The molecule has 0 radical (unpaired) electrons. The van der Waals surface area contributed by atoms with Crippen molar-refractivity contribution in [1.29, 1.82) is 0 Å². The molecule has 3 N–H and O–H groups in total. The van der Waals surface area contributed by atoms with Crippen LogP contribution < -0.4 is 10.8 Å². The lowest BCUT2D eigenvalue weighted by atomic mass is 10.2. The molecule has 2 aromatic heterocycles. The molecule has 3 rings (SSSR count). The highest BCUT2D eigenvalue weighted by Gasteiger charge is 2.11. The van der Waals surface area contributed by atoms with Gasteiger partial charge >= 0.3 is 0 Å². The molecular weight excluding hydrogens is 324 g/mol. The van der Waals surface area contributed by atoms with Gasteiger partial charge in [-0.25, -0.2) is 10.5 Å². The van der Waals surface area contributed by atoms with E-state index in [2.05, 4.69) is 27.4 Å². The SMILES string of the molecule is O=C(NO)c1cnc(-c2ccc(CNCc3ccccc3)cn2)s1. The first kappa shape index (κ1) is 16.3. The van der Waals surface area contributed by atoms with Crippen LogP contribution in [0.4, 0.5) is 0 Å². The zero-order chi connectivity index (χ0) is 16.8. The highest BCUT2D eigenvalue weighted by atomic mass is 32.1. The van der Waals surface area contributed by atoms with Gasteiger partial charge in [0.05, 0.1) is 11.9 Å². The molecule has 3 aromatic rings. The van der Waals surface area contributed by atoms with E-state index < -0.39 is 5.91 Å². The van der Waals surface area contributed by atoms with Crippen LogP contribution in [0.2, 0.25) is 0 Å². The van der Waals surface area contributed by atoms with Crippen molar-refractivity contribution in [3.8, 4) is 10.7 Å². The number of carbonyl (C=O) groups excluding carboxylic acids is 1. The summed E-state index contributed by atoms with van der Waals surface area (Å²) in [6.07, 6.45) is 3.21. The zero-order valence-electron chi connectivity index (χ0n) is 12.8. The topological polar surface area (TPSA) is 87.1 Å². The number of aromatic nitrogens is 2. The largest absolute Gasteiger partial charge is 0.309 e. The molecule has 0 saturated heterocycles. The minimum absolute atomic E-state index is 0.336. The summed E-state index contributed by atoms with van der Waals surface area (Å²) in [5, 5.41) is 12.6. The van der Waals surface area contributed by atoms with Gasteiger partial charge < -0.3 is 5.32 Å². The lowest BCUT2D eigenvalue weighted by molar-refractivity contribution is 0.0710. The number of thiazole rings is 1. The highest BCUT2D eigenvalue weighted by Crippen LogP contribution is 2.23. The third kappa shape index (κ3) is 4.02. The number of nitrogens with one attached hydrogen (secondary N) is 2. The second-order valence-electron chi connectivity index (χ2n) is 5.11. The predicted octanol–water partition coefficient (Wildman–Crippen LogP) is 2.61. The van der Waals surface area contributed by atoms with Crippen molar-refractivity contribution in [2.24, 2.45) is 0 Å². The molecule has 0 unspecified atom stereocenters. The Morgan fingerprint density at radius 3 is 2.50 bits per heavy atom. The zero-order valence-corrected chi connectivity index (χ0v) is 13.6. The fraction of sp³-hybridized carbons (Fsp3) is 0.118. The number of rotatable bonds is 6. The third-order valence-corrected chi connectivity index (χ3v) is 4.39. The van der Waals surface area contributed by atoms with Crippen LogP contribution in [0.3, 0.4) is 0 Å². The summed E-state index contributed by atoms with van der Waals surface area (Å²) >= 11 is 1.18. The normalized spacial score (nSPS) is 10.5. The van der Waals surface area contributed by atoms with Crippen molar-refractivity contribution < 1.29 is 10.0 Å². The van der Waals surface area contributed by atoms with Gasteiger partial charge in [-0.1, -0.05) is 36.4 Å². The van der Waals surface area contributed by atoms with Crippen LogP contribution in [0.25, 0.3) is 10.7 Å². The summed E-state index contributed by atoms with van der Waals surface area (Å²) < 4.78 is 0. The Morgan fingerprint density at radius 1 is 1.00 bits per heavy atom. The van der Waals surface area contributed by atoms with Crippen molar-refractivity contribution in [1.82, 2.24) is 20.8 Å². The average molecular weight is 340 g/mol. The van der Waals surface area contributed by atoms with E-state index in [0.717, 1.165) is 18.7 Å². The number of hydroxylamine groups is 1.